The molecule has 0 aliphatic carbocycles. The molecule has 0 aromatic carbocycles. The van der Waals surface area contributed by atoms with Gasteiger partial charge in [0.2, 0.25) is 5.91 Å². The van der Waals surface area contributed by atoms with Gasteiger partial charge in [0.05, 0.1) is 0 Å². The van der Waals surface area contributed by atoms with Crippen molar-refractivity contribution in [3.63, 3.8) is 0 Å². The zero-order valence-electron chi connectivity index (χ0n) is 8.68. The van der Waals surface area contributed by atoms with Crippen LogP contribution in [0.2, 0.25) is 0 Å². The van der Waals surface area contributed by atoms with Crippen LogP contribution >= 0.6 is 0 Å². The highest BCUT2D eigenvalue weighted by molar-refractivity contribution is 5.78. The van der Waals surface area contributed by atoms with E-state index in [1.165, 1.54) is 0 Å². The summed E-state index contributed by atoms with van der Waals surface area (Å²) >= 11 is 0. The van der Waals surface area contributed by atoms with Crippen LogP contribution in [0.4, 0.5) is 0 Å². The Hall–Kier alpha value is -0.530. The van der Waals surface area contributed by atoms with Crippen LogP contribution in [0.1, 0.15) is 40.5 Å². The lowest BCUT2D eigenvalue weighted by atomic mass is 9.94. The zero-order valence-corrected chi connectivity index (χ0v) is 8.68. The van der Waals surface area contributed by atoms with Crippen LogP contribution in [-0.2, 0) is 4.79 Å². The number of rotatable bonds is 5. The van der Waals surface area contributed by atoms with Crippen molar-refractivity contribution in [1.82, 2.24) is 5.32 Å². The number of amides is 1. The third-order valence-electron chi connectivity index (χ3n) is 1.97. The Labute approximate surface area is 75.7 Å². The fourth-order valence-corrected chi connectivity index (χ4v) is 1.35. The summed E-state index contributed by atoms with van der Waals surface area (Å²) in [6.45, 7) is 9.08. The first-order valence-corrected chi connectivity index (χ1v) is 4.89. The molecule has 0 aromatic heterocycles. The maximum atomic E-state index is 11.4. The number of carbonyl (C=O) groups excluding carboxylic acids is 1. The van der Waals surface area contributed by atoms with Gasteiger partial charge in [-0.3, -0.25) is 4.79 Å². The van der Waals surface area contributed by atoms with Crippen LogP contribution in [-0.4, -0.2) is 12.5 Å². The molecule has 0 radical (unpaired) electrons. The van der Waals surface area contributed by atoms with Gasteiger partial charge in [-0.15, -0.1) is 0 Å². The van der Waals surface area contributed by atoms with Gasteiger partial charge in [0.1, 0.15) is 0 Å². The molecule has 0 rings (SSSR count). The van der Waals surface area contributed by atoms with Crippen molar-refractivity contribution in [1.29, 1.82) is 0 Å². The maximum Gasteiger partial charge on any atom is 0.223 e. The molecule has 0 saturated carbocycles. The second-order valence-corrected chi connectivity index (χ2v) is 3.63. The second kappa shape index (κ2) is 6.04. The van der Waals surface area contributed by atoms with Gasteiger partial charge in [-0.2, -0.15) is 0 Å². The lowest BCUT2D eigenvalue weighted by Crippen LogP contribution is -2.30. The highest BCUT2D eigenvalue weighted by Gasteiger charge is 2.16. The predicted molar refractivity (Wildman–Crippen MR) is 51.9 cm³/mol. The van der Waals surface area contributed by atoms with E-state index in [9.17, 15) is 4.79 Å². The van der Waals surface area contributed by atoms with Gasteiger partial charge in [-0.1, -0.05) is 20.8 Å². The van der Waals surface area contributed by atoms with Crippen molar-refractivity contribution in [2.75, 3.05) is 6.54 Å². The van der Waals surface area contributed by atoms with E-state index in [1.807, 2.05) is 6.92 Å². The Bertz CT molecular complexity index is 132. The minimum atomic E-state index is 0.213. The molecule has 0 aliphatic heterocycles. The van der Waals surface area contributed by atoms with Crippen LogP contribution in [0.25, 0.3) is 0 Å². The number of nitrogens with one attached hydrogen (secondary N) is 1. The van der Waals surface area contributed by atoms with Crippen LogP contribution in [0.5, 0.6) is 0 Å². The molecule has 1 amide bonds. The first kappa shape index (κ1) is 11.5. The molecule has 0 aromatic rings. The SMILES string of the molecule is CCNC(=O)[C@H](CC)CC(C)C. The minimum absolute atomic E-state index is 0.213. The molecule has 2 heteroatoms. The van der Waals surface area contributed by atoms with Gasteiger partial charge < -0.3 is 5.32 Å². The average Bonchev–Trinajstić information content (AvgIpc) is 2.00. The van der Waals surface area contributed by atoms with Gasteiger partial charge in [-0.25, -0.2) is 0 Å². The molecule has 0 aliphatic rings. The number of carbonyl (C=O) groups is 1. The van der Waals surface area contributed by atoms with Crippen molar-refractivity contribution in [3.8, 4) is 0 Å². The van der Waals surface area contributed by atoms with E-state index in [1.54, 1.807) is 0 Å². The first-order valence-electron chi connectivity index (χ1n) is 4.89. The topological polar surface area (TPSA) is 29.1 Å². The smallest absolute Gasteiger partial charge is 0.223 e. The molecule has 72 valence electrons. The third-order valence-corrected chi connectivity index (χ3v) is 1.97. The lowest BCUT2D eigenvalue weighted by Gasteiger charge is -2.15. The lowest BCUT2D eigenvalue weighted by molar-refractivity contribution is -0.125. The monoisotopic (exact) mass is 171 g/mol. The highest BCUT2D eigenvalue weighted by Crippen LogP contribution is 2.14. The normalized spacial score (nSPS) is 13.1. The zero-order chi connectivity index (χ0) is 9.56. The third kappa shape index (κ3) is 4.37. The predicted octanol–water partition coefficient (Wildman–Crippen LogP) is 2.19. The van der Waals surface area contributed by atoms with Crippen molar-refractivity contribution >= 4 is 5.91 Å². The van der Waals surface area contributed by atoms with E-state index < -0.39 is 0 Å². The Morgan fingerprint density at radius 1 is 1.33 bits per heavy atom. The van der Waals surface area contributed by atoms with Gasteiger partial charge in [0.25, 0.3) is 0 Å². The molecular formula is C10H21NO. The number of hydrogen-bond donors (Lipinski definition) is 1. The van der Waals surface area contributed by atoms with E-state index in [0.717, 1.165) is 19.4 Å². The average molecular weight is 171 g/mol. The molecule has 0 heterocycles. The fraction of sp³-hybridized carbons (Fsp3) is 0.900. The molecule has 12 heavy (non-hydrogen) atoms. The first-order chi connectivity index (χ1) is 5.61. The van der Waals surface area contributed by atoms with Gasteiger partial charge in [0, 0.05) is 12.5 Å². The maximum absolute atomic E-state index is 11.4. The molecular weight excluding hydrogens is 150 g/mol. The Morgan fingerprint density at radius 2 is 1.92 bits per heavy atom. The summed E-state index contributed by atoms with van der Waals surface area (Å²) in [5.74, 6) is 1.04. The van der Waals surface area contributed by atoms with Gasteiger partial charge >= 0.3 is 0 Å². The molecule has 0 saturated heterocycles. The van der Waals surface area contributed by atoms with Gasteiger partial charge in [0.15, 0.2) is 0 Å². The quantitative estimate of drug-likeness (QED) is 0.675. The largest absolute Gasteiger partial charge is 0.356 e. The van der Waals surface area contributed by atoms with E-state index in [-0.39, 0.29) is 11.8 Å². The van der Waals surface area contributed by atoms with Crippen molar-refractivity contribution in [2.45, 2.75) is 40.5 Å². The Kier molecular flexibility index (Phi) is 5.77. The van der Waals surface area contributed by atoms with E-state index in [4.69, 9.17) is 0 Å². The van der Waals surface area contributed by atoms with Crippen LogP contribution < -0.4 is 5.32 Å². The molecule has 0 spiro atoms. The molecule has 2 nitrogen and oxygen atoms in total. The molecule has 0 bridgehead atoms. The Morgan fingerprint density at radius 3 is 2.25 bits per heavy atom. The van der Waals surface area contributed by atoms with E-state index in [0.29, 0.717) is 5.92 Å². The van der Waals surface area contributed by atoms with Crippen molar-refractivity contribution in [2.24, 2.45) is 11.8 Å². The summed E-state index contributed by atoms with van der Waals surface area (Å²) in [5.41, 5.74) is 0. The molecule has 1 atom stereocenters. The van der Waals surface area contributed by atoms with Crippen molar-refractivity contribution in [3.05, 3.63) is 0 Å². The standard InChI is InChI=1S/C10H21NO/c1-5-9(7-8(3)4)10(12)11-6-2/h8-9H,5-7H2,1-4H3,(H,11,12)/t9-/m1/s1. The molecule has 1 N–H and O–H groups in total. The van der Waals surface area contributed by atoms with E-state index >= 15 is 0 Å². The summed E-state index contributed by atoms with van der Waals surface area (Å²) in [6, 6.07) is 0. The van der Waals surface area contributed by atoms with Gasteiger partial charge in [-0.05, 0) is 25.7 Å². The summed E-state index contributed by atoms with van der Waals surface area (Å²) in [7, 11) is 0. The van der Waals surface area contributed by atoms with Crippen LogP contribution in [0, 0.1) is 11.8 Å². The highest BCUT2D eigenvalue weighted by atomic mass is 16.1. The summed E-state index contributed by atoms with van der Waals surface area (Å²) in [6.07, 6.45) is 1.95. The number of hydrogen-bond acceptors (Lipinski definition) is 1. The summed E-state index contributed by atoms with van der Waals surface area (Å²) in [5, 5.41) is 2.86. The summed E-state index contributed by atoms with van der Waals surface area (Å²) < 4.78 is 0. The Balaban J connectivity index is 3.87. The van der Waals surface area contributed by atoms with Crippen LogP contribution in [0.3, 0.4) is 0 Å². The molecule has 0 unspecified atom stereocenters. The van der Waals surface area contributed by atoms with E-state index in [2.05, 4.69) is 26.1 Å². The summed E-state index contributed by atoms with van der Waals surface area (Å²) in [4.78, 5) is 11.4. The second-order valence-electron chi connectivity index (χ2n) is 3.63. The van der Waals surface area contributed by atoms with Crippen LogP contribution in [0.15, 0.2) is 0 Å². The minimum Gasteiger partial charge on any atom is -0.356 e. The fourth-order valence-electron chi connectivity index (χ4n) is 1.35. The molecule has 0 fully saturated rings. The van der Waals surface area contributed by atoms with Crippen molar-refractivity contribution < 1.29 is 4.79 Å².